The standard InChI is InChI=1S/C21H31BrO2/c1-13(23)21(22)11-8-18-16-5-4-14-12-15(24)6-9-19(14,2)17(16)7-10-20(18,21)3/h14,16-18H,4-12H2,1-3H3. The predicted octanol–water partition coefficient (Wildman–Crippen LogP) is 5.32. The van der Waals surface area contributed by atoms with E-state index in [0.29, 0.717) is 28.8 Å². The average molecular weight is 395 g/mol. The summed E-state index contributed by atoms with van der Waals surface area (Å²) in [4.78, 5) is 24.4. The maximum absolute atomic E-state index is 12.4. The van der Waals surface area contributed by atoms with Crippen LogP contribution >= 0.6 is 15.9 Å². The molecule has 0 amide bonds. The second-order valence-corrected chi connectivity index (χ2v) is 11.1. The fraction of sp³-hybridized carbons (Fsp3) is 0.905. The molecule has 0 aromatic carbocycles. The summed E-state index contributed by atoms with van der Waals surface area (Å²) >= 11 is 3.92. The van der Waals surface area contributed by atoms with Gasteiger partial charge in [-0.25, -0.2) is 0 Å². The SMILES string of the molecule is CC(=O)C1(Br)CCC2C3CCC4CC(=O)CCC4(C)C3CCC21C. The molecular formula is C21H31BrO2. The van der Waals surface area contributed by atoms with Crippen molar-refractivity contribution < 1.29 is 9.59 Å². The van der Waals surface area contributed by atoms with Crippen molar-refractivity contribution in [3.8, 4) is 0 Å². The summed E-state index contributed by atoms with van der Waals surface area (Å²) in [5.41, 5.74) is 0.486. The first-order valence-corrected chi connectivity index (χ1v) is 10.7. The second kappa shape index (κ2) is 5.41. The van der Waals surface area contributed by atoms with Crippen LogP contribution in [0.4, 0.5) is 0 Å². The van der Waals surface area contributed by atoms with E-state index in [-0.39, 0.29) is 9.74 Å². The van der Waals surface area contributed by atoms with Gasteiger partial charge in [-0.15, -0.1) is 0 Å². The first kappa shape index (κ1) is 17.2. The van der Waals surface area contributed by atoms with Gasteiger partial charge >= 0.3 is 0 Å². The van der Waals surface area contributed by atoms with Gasteiger partial charge < -0.3 is 0 Å². The van der Waals surface area contributed by atoms with E-state index in [0.717, 1.165) is 37.5 Å². The molecule has 7 atom stereocenters. The zero-order valence-corrected chi connectivity index (χ0v) is 17.0. The number of rotatable bonds is 1. The number of carbonyl (C=O) groups is 2. The summed E-state index contributed by atoms with van der Waals surface area (Å²) in [6.07, 6.45) is 9.86. The minimum Gasteiger partial charge on any atom is -0.300 e. The summed E-state index contributed by atoms with van der Waals surface area (Å²) in [6, 6.07) is 0. The van der Waals surface area contributed by atoms with Crippen molar-refractivity contribution in [1.82, 2.24) is 0 Å². The number of Topliss-reactive ketones (excluding diaryl/α,β-unsaturated/α-hetero) is 2. The maximum Gasteiger partial charge on any atom is 0.147 e. The van der Waals surface area contributed by atoms with Gasteiger partial charge in [0.05, 0.1) is 4.32 Å². The van der Waals surface area contributed by atoms with E-state index >= 15 is 0 Å². The lowest BCUT2D eigenvalue weighted by Crippen LogP contribution is -2.56. The molecular weight excluding hydrogens is 364 g/mol. The van der Waals surface area contributed by atoms with Crippen molar-refractivity contribution in [3.05, 3.63) is 0 Å². The van der Waals surface area contributed by atoms with Crippen molar-refractivity contribution in [2.24, 2.45) is 34.5 Å². The van der Waals surface area contributed by atoms with E-state index in [1.807, 2.05) is 0 Å². The van der Waals surface area contributed by atoms with Gasteiger partial charge in [0, 0.05) is 12.8 Å². The maximum atomic E-state index is 12.4. The van der Waals surface area contributed by atoms with Crippen LogP contribution in [-0.2, 0) is 9.59 Å². The first-order chi connectivity index (χ1) is 11.2. The minimum absolute atomic E-state index is 0.119. The molecule has 4 aliphatic rings. The van der Waals surface area contributed by atoms with Gasteiger partial charge in [0.15, 0.2) is 0 Å². The average Bonchev–Trinajstić information content (AvgIpc) is 2.81. The third-order valence-electron chi connectivity index (χ3n) is 9.13. The lowest BCUT2D eigenvalue weighted by Gasteiger charge is -2.60. The van der Waals surface area contributed by atoms with E-state index < -0.39 is 0 Å². The number of fused-ring (bicyclic) bond motifs is 5. The van der Waals surface area contributed by atoms with Crippen LogP contribution in [0.25, 0.3) is 0 Å². The molecule has 0 aliphatic heterocycles. The van der Waals surface area contributed by atoms with Crippen molar-refractivity contribution in [2.45, 2.75) is 82.9 Å². The molecule has 2 nitrogen and oxygen atoms in total. The zero-order valence-electron chi connectivity index (χ0n) is 15.4. The number of ketones is 2. The molecule has 4 fully saturated rings. The van der Waals surface area contributed by atoms with Gasteiger partial charge in [-0.05, 0) is 86.4 Å². The number of hydrogen-bond acceptors (Lipinski definition) is 2. The molecule has 0 aromatic heterocycles. The summed E-state index contributed by atoms with van der Waals surface area (Å²) in [5, 5.41) is 0. The Hall–Kier alpha value is -0.180. The smallest absolute Gasteiger partial charge is 0.147 e. The molecule has 4 rings (SSSR count). The Balaban J connectivity index is 1.66. The van der Waals surface area contributed by atoms with Crippen LogP contribution in [0.2, 0.25) is 0 Å². The molecule has 4 saturated carbocycles. The van der Waals surface area contributed by atoms with E-state index in [2.05, 4.69) is 29.8 Å². The van der Waals surface area contributed by atoms with Crippen LogP contribution < -0.4 is 0 Å². The number of carbonyl (C=O) groups excluding carboxylic acids is 2. The van der Waals surface area contributed by atoms with Gasteiger partial charge in [0.1, 0.15) is 11.6 Å². The van der Waals surface area contributed by atoms with Gasteiger partial charge in [-0.3, -0.25) is 9.59 Å². The Morgan fingerprint density at radius 3 is 2.46 bits per heavy atom. The molecule has 0 radical (unpaired) electrons. The Morgan fingerprint density at radius 1 is 1.04 bits per heavy atom. The van der Waals surface area contributed by atoms with Crippen molar-refractivity contribution >= 4 is 27.5 Å². The second-order valence-electron chi connectivity index (χ2n) is 9.75. The van der Waals surface area contributed by atoms with E-state index in [9.17, 15) is 9.59 Å². The van der Waals surface area contributed by atoms with Crippen LogP contribution in [0.5, 0.6) is 0 Å². The van der Waals surface area contributed by atoms with Crippen molar-refractivity contribution in [1.29, 1.82) is 0 Å². The molecule has 0 heterocycles. The normalized spacial score (nSPS) is 53.9. The third-order valence-corrected chi connectivity index (χ3v) is 11.0. The van der Waals surface area contributed by atoms with E-state index in [1.54, 1.807) is 6.92 Å². The van der Waals surface area contributed by atoms with Crippen LogP contribution in [-0.4, -0.2) is 15.9 Å². The summed E-state index contributed by atoms with van der Waals surface area (Å²) in [5.74, 6) is 3.64. The molecule has 0 N–H and O–H groups in total. The Labute approximate surface area is 154 Å². The summed E-state index contributed by atoms with van der Waals surface area (Å²) in [6.45, 7) is 6.65. The number of halogens is 1. The molecule has 0 aromatic rings. The fourth-order valence-electron chi connectivity index (χ4n) is 7.61. The van der Waals surface area contributed by atoms with E-state index in [1.165, 1.54) is 32.1 Å². The Bertz CT molecular complexity index is 586. The summed E-state index contributed by atoms with van der Waals surface area (Å²) in [7, 11) is 0. The largest absolute Gasteiger partial charge is 0.300 e. The molecule has 0 bridgehead atoms. The van der Waals surface area contributed by atoms with Crippen molar-refractivity contribution in [2.75, 3.05) is 0 Å². The highest BCUT2D eigenvalue weighted by atomic mass is 79.9. The zero-order chi connectivity index (χ0) is 17.3. The molecule has 0 saturated heterocycles. The van der Waals surface area contributed by atoms with Crippen LogP contribution in [0.3, 0.4) is 0 Å². The van der Waals surface area contributed by atoms with Crippen LogP contribution in [0, 0.1) is 34.5 Å². The highest BCUT2D eigenvalue weighted by Crippen LogP contribution is 2.69. The summed E-state index contributed by atoms with van der Waals surface area (Å²) < 4.78 is -0.296. The number of alkyl halides is 1. The van der Waals surface area contributed by atoms with E-state index in [4.69, 9.17) is 0 Å². The van der Waals surface area contributed by atoms with Crippen LogP contribution in [0.15, 0.2) is 0 Å². The third kappa shape index (κ3) is 2.06. The minimum atomic E-state index is -0.296. The quantitative estimate of drug-likeness (QED) is 0.563. The molecule has 3 heteroatoms. The molecule has 134 valence electrons. The lowest BCUT2D eigenvalue weighted by molar-refractivity contribution is -0.141. The highest BCUT2D eigenvalue weighted by molar-refractivity contribution is 9.10. The number of hydrogen-bond donors (Lipinski definition) is 0. The molecule has 24 heavy (non-hydrogen) atoms. The molecule has 7 unspecified atom stereocenters. The Morgan fingerprint density at radius 2 is 1.75 bits per heavy atom. The van der Waals surface area contributed by atoms with Gasteiger partial charge in [0.2, 0.25) is 0 Å². The first-order valence-electron chi connectivity index (χ1n) is 9.94. The van der Waals surface area contributed by atoms with Crippen molar-refractivity contribution in [3.63, 3.8) is 0 Å². The van der Waals surface area contributed by atoms with Crippen LogP contribution in [0.1, 0.15) is 78.6 Å². The molecule has 0 spiro atoms. The Kier molecular flexibility index (Phi) is 3.89. The highest BCUT2D eigenvalue weighted by Gasteiger charge is 2.65. The monoisotopic (exact) mass is 394 g/mol. The van der Waals surface area contributed by atoms with Gasteiger partial charge in [-0.2, -0.15) is 0 Å². The predicted molar refractivity (Wildman–Crippen MR) is 99.1 cm³/mol. The van der Waals surface area contributed by atoms with Gasteiger partial charge in [-0.1, -0.05) is 29.8 Å². The lowest BCUT2D eigenvalue weighted by atomic mass is 9.44. The fourth-order valence-corrected chi connectivity index (χ4v) is 8.33. The van der Waals surface area contributed by atoms with Gasteiger partial charge in [0.25, 0.3) is 0 Å². The topological polar surface area (TPSA) is 34.1 Å². The molecule has 4 aliphatic carbocycles.